The summed E-state index contributed by atoms with van der Waals surface area (Å²) in [6, 6.07) is 0. The summed E-state index contributed by atoms with van der Waals surface area (Å²) in [5.74, 6) is -0.886. The van der Waals surface area contributed by atoms with E-state index in [4.69, 9.17) is 9.84 Å². The molecule has 1 amide bonds. The topological polar surface area (TPSA) is 78.9 Å². The van der Waals surface area contributed by atoms with Gasteiger partial charge in [-0.1, -0.05) is 0 Å². The van der Waals surface area contributed by atoms with Crippen molar-refractivity contribution in [1.29, 1.82) is 0 Å². The monoisotopic (exact) mass is 244 g/mol. The average Bonchev–Trinajstić information content (AvgIpc) is 2.47. The molecule has 0 spiro atoms. The molecule has 1 saturated heterocycles. The van der Waals surface area contributed by atoms with Crippen LogP contribution in [0.25, 0.3) is 0 Å². The number of ether oxygens (including phenoxy) is 1. The lowest BCUT2D eigenvalue weighted by Crippen LogP contribution is -2.47. The summed E-state index contributed by atoms with van der Waals surface area (Å²) in [4.78, 5) is 23.9. The normalized spacial score (nSPS) is 21.2. The highest BCUT2D eigenvalue weighted by Gasteiger charge is 2.28. The molecule has 0 aromatic carbocycles. The molecule has 98 valence electrons. The summed E-state index contributed by atoms with van der Waals surface area (Å²) in [7, 11) is 0. The maximum Gasteiger partial charge on any atom is 0.408 e. The van der Waals surface area contributed by atoms with Crippen LogP contribution >= 0.6 is 0 Å². The van der Waals surface area contributed by atoms with Crippen LogP contribution in [-0.4, -0.2) is 46.9 Å². The zero-order valence-electron chi connectivity index (χ0n) is 10.5. The molecule has 1 unspecified atom stereocenters. The molecule has 1 fully saturated rings. The summed E-state index contributed by atoms with van der Waals surface area (Å²) in [6.07, 6.45) is 0.904. The second-order valence-electron chi connectivity index (χ2n) is 5.17. The molecule has 1 aliphatic heterocycles. The fraction of sp³-hybridized carbons (Fsp3) is 0.818. The van der Waals surface area contributed by atoms with Crippen molar-refractivity contribution >= 4 is 12.1 Å². The van der Waals surface area contributed by atoms with Crippen molar-refractivity contribution in [1.82, 2.24) is 10.2 Å². The first-order valence-electron chi connectivity index (χ1n) is 5.73. The van der Waals surface area contributed by atoms with Crippen LogP contribution in [0.3, 0.4) is 0 Å². The van der Waals surface area contributed by atoms with Gasteiger partial charge >= 0.3 is 12.1 Å². The lowest BCUT2D eigenvalue weighted by Gasteiger charge is -2.26. The minimum Gasteiger partial charge on any atom is -0.480 e. The van der Waals surface area contributed by atoms with Crippen molar-refractivity contribution in [3.05, 3.63) is 0 Å². The van der Waals surface area contributed by atoms with Crippen LogP contribution in [0.15, 0.2) is 0 Å². The van der Waals surface area contributed by atoms with Gasteiger partial charge in [-0.25, -0.2) is 4.79 Å². The zero-order valence-corrected chi connectivity index (χ0v) is 10.5. The van der Waals surface area contributed by atoms with E-state index in [1.807, 2.05) is 0 Å². The fourth-order valence-corrected chi connectivity index (χ4v) is 1.80. The second-order valence-corrected chi connectivity index (χ2v) is 5.17. The Morgan fingerprint density at radius 3 is 2.65 bits per heavy atom. The Labute approximate surface area is 101 Å². The van der Waals surface area contributed by atoms with Gasteiger partial charge in [0.25, 0.3) is 0 Å². The van der Waals surface area contributed by atoms with Gasteiger partial charge in [0.05, 0.1) is 12.7 Å². The van der Waals surface area contributed by atoms with Crippen molar-refractivity contribution in [3.8, 4) is 0 Å². The molecular weight excluding hydrogens is 224 g/mol. The van der Waals surface area contributed by atoms with Crippen LogP contribution in [0.5, 0.6) is 0 Å². The number of amides is 1. The maximum atomic E-state index is 11.5. The number of nitrogens with one attached hydrogen (secondary N) is 1. The summed E-state index contributed by atoms with van der Waals surface area (Å²) in [5.41, 5.74) is -0.541. The van der Waals surface area contributed by atoms with Crippen LogP contribution in [0.2, 0.25) is 0 Å². The molecule has 17 heavy (non-hydrogen) atoms. The molecule has 6 nitrogen and oxygen atoms in total. The number of aliphatic carboxylic acids is 1. The van der Waals surface area contributed by atoms with E-state index in [-0.39, 0.29) is 12.7 Å². The molecule has 1 atom stereocenters. The van der Waals surface area contributed by atoms with E-state index in [0.717, 1.165) is 12.8 Å². The van der Waals surface area contributed by atoms with Crippen LogP contribution in [0.1, 0.15) is 33.6 Å². The van der Waals surface area contributed by atoms with Crippen molar-refractivity contribution < 1.29 is 19.4 Å². The van der Waals surface area contributed by atoms with Gasteiger partial charge in [0, 0.05) is 6.54 Å². The van der Waals surface area contributed by atoms with Gasteiger partial charge in [-0.15, -0.1) is 0 Å². The highest BCUT2D eigenvalue weighted by atomic mass is 16.6. The van der Waals surface area contributed by atoms with E-state index in [2.05, 4.69) is 5.32 Å². The molecule has 0 aliphatic carbocycles. The highest BCUT2D eigenvalue weighted by molar-refractivity contribution is 5.70. The smallest absolute Gasteiger partial charge is 0.408 e. The van der Waals surface area contributed by atoms with Gasteiger partial charge in [-0.3, -0.25) is 9.69 Å². The molecule has 1 aliphatic rings. The predicted octanol–water partition coefficient (Wildman–Crippen LogP) is 1.02. The van der Waals surface area contributed by atoms with Gasteiger partial charge in [0.1, 0.15) is 5.60 Å². The number of carboxylic acids is 1. The second kappa shape index (κ2) is 5.35. The molecule has 0 aromatic heterocycles. The molecule has 6 heteroatoms. The van der Waals surface area contributed by atoms with Gasteiger partial charge < -0.3 is 15.2 Å². The van der Waals surface area contributed by atoms with E-state index in [0.29, 0.717) is 6.54 Å². The van der Waals surface area contributed by atoms with Crippen LogP contribution in [0.4, 0.5) is 4.79 Å². The summed E-state index contributed by atoms with van der Waals surface area (Å²) < 4.78 is 5.13. The van der Waals surface area contributed by atoms with Crippen LogP contribution in [0, 0.1) is 0 Å². The third-order valence-electron chi connectivity index (χ3n) is 2.39. The van der Waals surface area contributed by atoms with E-state index < -0.39 is 17.7 Å². The Morgan fingerprint density at radius 2 is 2.12 bits per heavy atom. The average molecular weight is 244 g/mol. The zero-order chi connectivity index (χ0) is 13.1. The minimum atomic E-state index is -0.886. The third kappa shape index (κ3) is 5.04. The Kier molecular flexibility index (Phi) is 4.34. The molecule has 1 heterocycles. The fourth-order valence-electron chi connectivity index (χ4n) is 1.80. The number of hydrogen-bond acceptors (Lipinski definition) is 4. The summed E-state index contributed by atoms with van der Waals surface area (Å²) in [6.45, 7) is 6.00. The lowest BCUT2D eigenvalue weighted by molar-refractivity contribution is -0.138. The van der Waals surface area contributed by atoms with E-state index in [1.54, 1.807) is 25.7 Å². The summed E-state index contributed by atoms with van der Waals surface area (Å²) in [5, 5.41) is 11.4. The van der Waals surface area contributed by atoms with Crippen molar-refractivity contribution in [2.24, 2.45) is 0 Å². The van der Waals surface area contributed by atoms with Gasteiger partial charge in [0.2, 0.25) is 0 Å². The minimum absolute atomic E-state index is 0.0551. The number of carboxylic acid groups (broad SMARTS) is 1. The first-order chi connectivity index (χ1) is 7.78. The van der Waals surface area contributed by atoms with Crippen LogP contribution in [-0.2, 0) is 9.53 Å². The third-order valence-corrected chi connectivity index (χ3v) is 2.39. The standard InChI is InChI=1S/C11H20N2O4/c1-11(2,3)17-10(16)12-8-5-4-6-13(8)7-9(14)15/h8H,4-7H2,1-3H3,(H,12,16)(H,14,15). The van der Waals surface area contributed by atoms with Crippen molar-refractivity contribution in [2.45, 2.75) is 45.4 Å². The molecule has 1 rings (SSSR count). The number of likely N-dealkylation sites (tertiary alicyclic amines) is 1. The quantitative estimate of drug-likeness (QED) is 0.774. The molecule has 0 bridgehead atoms. The summed E-state index contributed by atoms with van der Waals surface area (Å²) >= 11 is 0. The van der Waals surface area contributed by atoms with Crippen molar-refractivity contribution in [2.75, 3.05) is 13.1 Å². The SMILES string of the molecule is CC(C)(C)OC(=O)NC1CCCN1CC(=O)O. The molecule has 0 radical (unpaired) electrons. The first-order valence-corrected chi connectivity index (χ1v) is 5.73. The number of rotatable bonds is 3. The van der Waals surface area contributed by atoms with E-state index >= 15 is 0 Å². The lowest BCUT2D eigenvalue weighted by atomic mass is 10.2. The predicted molar refractivity (Wildman–Crippen MR) is 61.6 cm³/mol. The Hall–Kier alpha value is -1.30. The largest absolute Gasteiger partial charge is 0.480 e. The highest BCUT2D eigenvalue weighted by Crippen LogP contribution is 2.15. The van der Waals surface area contributed by atoms with Crippen LogP contribution < -0.4 is 5.32 Å². The number of nitrogens with zero attached hydrogens (tertiary/aromatic N) is 1. The Bertz CT molecular complexity index is 298. The molecule has 0 aromatic rings. The Morgan fingerprint density at radius 1 is 1.47 bits per heavy atom. The maximum absolute atomic E-state index is 11.5. The van der Waals surface area contributed by atoms with E-state index in [9.17, 15) is 9.59 Å². The van der Waals surface area contributed by atoms with Gasteiger partial charge in [0.15, 0.2) is 0 Å². The molecular formula is C11H20N2O4. The van der Waals surface area contributed by atoms with Gasteiger partial charge in [-0.05, 0) is 33.6 Å². The number of hydrogen-bond donors (Lipinski definition) is 2. The first kappa shape index (κ1) is 13.8. The molecule has 2 N–H and O–H groups in total. The number of carbonyl (C=O) groups excluding carboxylic acids is 1. The van der Waals surface area contributed by atoms with E-state index in [1.165, 1.54) is 0 Å². The van der Waals surface area contributed by atoms with Crippen molar-refractivity contribution in [3.63, 3.8) is 0 Å². The molecule has 0 saturated carbocycles. The van der Waals surface area contributed by atoms with Gasteiger partial charge in [-0.2, -0.15) is 0 Å². The number of carbonyl (C=O) groups is 2. The Balaban J connectivity index is 2.44. The number of alkyl carbamates (subject to hydrolysis) is 1.